The molecule has 0 saturated carbocycles. The number of aromatic nitrogens is 1. The summed E-state index contributed by atoms with van der Waals surface area (Å²) in [4.78, 5) is 16.6. The first-order valence-corrected chi connectivity index (χ1v) is 9.12. The lowest BCUT2D eigenvalue weighted by atomic mass is 10.2. The Morgan fingerprint density at radius 2 is 1.88 bits per heavy atom. The van der Waals surface area contributed by atoms with Gasteiger partial charge in [-0.05, 0) is 42.0 Å². The summed E-state index contributed by atoms with van der Waals surface area (Å²) in [6.45, 7) is 0.397. The Balaban J connectivity index is 1.49. The number of carbonyl (C=O) groups is 1. The summed E-state index contributed by atoms with van der Waals surface area (Å²) in [6, 6.07) is 13.8. The molecule has 6 heteroatoms. The monoisotopic (exact) mass is 370 g/mol. The van der Waals surface area contributed by atoms with E-state index < -0.39 is 0 Å². The van der Waals surface area contributed by atoms with Gasteiger partial charge in [-0.2, -0.15) is 0 Å². The minimum Gasteiger partial charge on any atom is -0.497 e. The SMILES string of the molecule is COc1ccc(-c2csc(CCC(=O)NCc3ccc(F)cc3)n2)cc1. The van der Waals surface area contributed by atoms with E-state index in [1.807, 2.05) is 29.6 Å². The Bertz CT molecular complexity index is 860. The van der Waals surface area contributed by atoms with E-state index in [4.69, 9.17) is 4.74 Å². The van der Waals surface area contributed by atoms with E-state index in [-0.39, 0.29) is 11.7 Å². The lowest BCUT2D eigenvalue weighted by Gasteiger charge is -2.04. The van der Waals surface area contributed by atoms with Crippen LogP contribution in [0.5, 0.6) is 5.75 Å². The molecule has 4 nitrogen and oxygen atoms in total. The molecule has 2 aromatic carbocycles. The van der Waals surface area contributed by atoms with Gasteiger partial charge in [0.15, 0.2) is 0 Å². The highest BCUT2D eigenvalue weighted by Crippen LogP contribution is 2.24. The van der Waals surface area contributed by atoms with Crippen LogP contribution in [0.3, 0.4) is 0 Å². The van der Waals surface area contributed by atoms with E-state index in [1.54, 1.807) is 30.6 Å². The van der Waals surface area contributed by atoms with Crippen molar-refractivity contribution in [2.45, 2.75) is 19.4 Å². The molecule has 0 aliphatic heterocycles. The minimum absolute atomic E-state index is 0.0458. The number of nitrogens with zero attached hydrogens (tertiary/aromatic N) is 1. The van der Waals surface area contributed by atoms with Gasteiger partial charge in [0.2, 0.25) is 5.91 Å². The molecular formula is C20H19FN2O2S. The zero-order chi connectivity index (χ0) is 18.4. The first kappa shape index (κ1) is 18.1. The van der Waals surface area contributed by atoms with E-state index >= 15 is 0 Å². The maximum absolute atomic E-state index is 12.9. The second-order valence-electron chi connectivity index (χ2n) is 5.76. The van der Waals surface area contributed by atoms with Crippen LogP contribution in [-0.4, -0.2) is 18.0 Å². The quantitative estimate of drug-likeness (QED) is 0.678. The number of thiazole rings is 1. The first-order chi connectivity index (χ1) is 12.6. The van der Waals surface area contributed by atoms with Crippen LogP contribution in [0.25, 0.3) is 11.3 Å². The molecule has 0 aliphatic rings. The van der Waals surface area contributed by atoms with Crippen molar-refractivity contribution in [2.24, 2.45) is 0 Å². The summed E-state index contributed by atoms with van der Waals surface area (Å²) in [5.74, 6) is 0.481. The number of aryl methyl sites for hydroxylation is 1. The number of methoxy groups -OCH3 is 1. The number of amides is 1. The molecule has 0 atom stereocenters. The highest BCUT2D eigenvalue weighted by atomic mass is 32.1. The largest absolute Gasteiger partial charge is 0.497 e. The third-order valence-electron chi connectivity index (χ3n) is 3.91. The summed E-state index contributed by atoms with van der Waals surface area (Å²) in [6.07, 6.45) is 0.965. The molecule has 1 N–H and O–H groups in total. The fourth-order valence-electron chi connectivity index (χ4n) is 2.43. The number of carbonyl (C=O) groups excluding carboxylic acids is 1. The van der Waals surface area contributed by atoms with Crippen LogP contribution < -0.4 is 10.1 Å². The van der Waals surface area contributed by atoms with Gasteiger partial charge in [-0.25, -0.2) is 9.37 Å². The van der Waals surface area contributed by atoms with E-state index in [9.17, 15) is 9.18 Å². The summed E-state index contributed by atoms with van der Waals surface area (Å²) in [5.41, 5.74) is 2.80. The second kappa shape index (κ2) is 8.58. The van der Waals surface area contributed by atoms with E-state index in [0.29, 0.717) is 19.4 Å². The molecule has 134 valence electrons. The Morgan fingerprint density at radius 3 is 2.58 bits per heavy atom. The molecule has 0 unspecified atom stereocenters. The second-order valence-corrected chi connectivity index (χ2v) is 6.70. The molecule has 0 spiro atoms. The Morgan fingerprint density at radius 1 is 1.15 bits per heavy atom. The normalized spacial score (nSPS) is 10.5. The van der Waals surface area contributed by atoms with Crippen LogP contribution in [0.2, 0.25) is 0 Å². The molecule has 0 bridgehead atoms. The molecule has 0 aliphatic carbocycles. The average molecular weight is 370 g/mol. The fraction of sp³-hybridized carbons (Fsp3) is 0.200. The molecule has 0 radical (unpaired) electrons. The average Bonchev–Trinajstić information content (AvgIpc) is 3.15. The molecule has 26 heavy (non-hydrogen) atoms. The zero-order valence-electron chi connectivity index (χ0n) is 14.4. The summed E-state index contributed by atoms with van der Waals surface area (Å²) < 4.78 is 18.0. The minimum atomic E-state index is -0.281. The zero-order valence-corrected chi connectivity index (χ0v) is 15.2. The molecular weight excluding hydrogens is 351 g/mol. The van der Waals surface area contributed by atoms with Gasteiger partial charge in [0.1, 0.15) is 11.6 Å². The highest BCUT2D eigenvalue weighted by Gasteiger charge is 2.08. The third-order valence-corrected chi connectivity index (χ3v) is 4.81. The molecule has 3 rings (SSSR count). The predicted octanol–water partition coefficient (Wildman–Crippen LogP) is 4.21. The van der Waals surface area contributed by atoms with Gasteiger partial charge in [-0.15, -0.1) is 11.3 Å². The van der Waals surface area contributed by atoms with Crippen molar-refractivity contribution >= 4 is 17.2 Å². The van der Waals surface area contributed by atoms with Crippen molar-refractivity contribution in [3.8, 4) is 17.0 Å². The van der Waals surface area contributed by atoms with Crippen LogP contribution in [0.1, 0.15) is 17.0 Å². The van der Waals surface area contributed by atoms with Gasteiger partial charge >= 0.3 is 0 Å². The summed E-state index contributed by atoms with van der Waals surface area (Å²) in [7, 11) is 1.64. The maximum Gasteiger partial charge on any atom is 0.220 e. The number of hydrogen-bond acceptors (Lipinski definition) is 4. The molecule has 1 aromatic heterocycles. The van der Waals surface area contributed by atoms with Gasteiger partial charge in [0.25, 0.3) is 0 Å². The van der Waals surface area contributed by atoms with Gasteiger partial charge in [0, 0.05) is 30.3 Å². The number of nitrogens with one attached hydrogen (secondary N) is 1. The van der Waals surface area contributed by atoms with Gasteiger partial charge in [-0.3, -0.25) is 4.79 Å². The number of rotatable bonds is 7. The fourth-order valence-corrected chi connectivity index (χ4v) is 3.24. The topological polar surface area (TPSA) is 51.2 Å². The number of halogens is 1. The Labute approximate surface area is 155 Å². The van der Waals surface area contributed by atoms with Gasteiger partial charge in [-0.1, -0.05) is 12.1 Å². The summed E-state index contributed by atoms with van der Waals surface area (Å²) in [5, 5.41) is 5.76. The van der Waals surface area contributed by atoms with E-state index in [0.717, 1.165) is 27.6 Å². The van der Waals surface area contributed by atoms with E-state index in [1.165, 1.54) is 12.1 Å². The van der Waals surface area contributed by atoms with Gasteiger partial charge < -0.3 is 10.1 Å². The summed E-state index contributed by atoms with van der Waals surface area (Å²) >= 11 is 1.55. The lowest BCUT2D eigenvalue weighted by molar-refractivity contribution is -0.121. The maximum atomic E-state index is 12.9. The van der Waals surface area contributed by atoms with Crippen molar-refractivity contribution in [1.29, 1.82) is 0 Å². The Kier molecular flexibility index (Phi) is 5.96. The number of ether oxygens (including phenoxy) is 1. The van der Waals surface area contributed by atoms with Crippen LogP contribution in [0, 0.1) is 5.82 Å². The molecule has 3 aromatic rings. The molecule has 0 fully saturated rings. The third kappa shape index (κ3) is 4.89. The van der Waals surface area contributed by atoms with Crippen molar-refractivity contribution < 1.29 is 13.9 Å². The van der Waals surface area contributed by atoms with Crippen LogP contribution in [0.15, 0.2) is 53.9 Å². The van der Waals surface area contributed by atoms with Crippen LogP contribution >= 0.6 is 11.3 Å². The van der Waals surface area contributed by atoms with Crippen LogP contribution in [0.4, 0.5) is 4.39 Å². The molecule has 0 saturated heterocycles. The van der Waals surface area contributed by atoms with Crippen molar-refractivity contribution in [3.05, 3.63) is 70.3 Å². The standard InChI is InChI=1S/C20H19FN2O2S/c1-25-17-8-4-15(5-9-17)18-13-26-20(23-18)11-10-19(24)22-12-14-2-6-16(21)7-3-14/h2-9,13H,10-12H2,1H3,(H,22,24). The number of hydrogen-bond donors (Lipinski definition) is 1. The van der Waals surface area contributed by atoms with Crippen LogP contribution in [-0.2, 0) is 17.8 Å². The molecule has 1 amide bonds. The number of benzene rings is 2. The molecule has 1 heterocycles. The predicted molar refractivity (Wildman–Crippen MR) is 101 cm³/mol. The Hall–Kier alpha value is -2.73. The van der Waals surface area contributed by atoms with E-state index in [2.05, 4.69) is 10.3 Å². The lowest BCUT2D eigenvalue weighted by Crippen LogP contribution is -2.22. The highest BCUT2D eigenvalue weighted by molar-refractivity contribution is 7.09. The van der Waals surface area contributed by atoms with Crippen molar-refractivity contribution in [2.75, 3.05) is 7.11 Å². The smallest absolute Gasteiger partial charge is 0.220 e. The van der Waals surface area contributed by atoms with Gasteiger partial charge in [0.05, 0.1) is 17.8 Å². The first-order valence-electron chi connectivity index (χ1n) is 8.24. The van der Waals surface area contributed by atoms with Crippen molar-refractivity contribution in [3.63, 3.8) is 0 Å². The van der Waals surface area contributed by atoms with Crippen molar-refractivity contribution in [1.82, 2.24) is 10.3 Å².